The van der Waals surface area contributed by atoms with E-state index in [2.05, 4.69) is 0 Å². The van der Waals surface area contributed by atoms with Crippen molar-refractivity contribution in [3.05, 3.63) is 46.2 Å². The lowest BCUT2D eigenvalue weighted by molar-refractivity contribution is 0.0606. The zero-order valence-corrected chi connectivity index (χ0v) is 12.4. The molecule has 3 aromatic rings. The summed E-state index contributed by atoms with van der Waals surface area (Å²) < 4.78 is 4.83. The first-order chi connectivity index (χ1) is 10.6. The second-order valence-corrected chi connectivity index (χ2v) is 6.04. The molecule has 0 aliphatic heterocycles. The van der Waals surface area contributed by atoms with Crippen LogP contribution in [0, 0.1) is 0 Å². The number of ether oxygens (including phenoxy) is 1. The van der Waals surface area contributed by atoms with E-state index in [4.69, 9.17) is 4.74 Å². The lowest BCUT2D eigenvalue weighted by Crippen LogP contribution is -1.99. The first-order valence-electron chi connectivity index (χ1n) is 6.64. The van der Waals surface area contributed by atoms with Crippen LogP contribution in [0.5, 0.6) is 0 Å². The van der Waals surface area contributed by atoms with Gasteiger partial charge in [0.15, 0.2) is 0 Å². The minimum absolute atomic E-state index is 0.180. The van der Waals surface area contributed by atoms with Crippen molar-refractivity contribution in [1.29, 1.82) is 0 Å². The maximum absolute atomic E-state index is 12.1. The van der Waals surface area contributed by atoms with Crippen molar-refractivity contribution in [1.82, 2.24) is 0 Å². The number of hydrogen-bond acceptors (Lipinski definition) is 4. The third-order valence-electron chi connectivity index (χ3n) is 3.92. The molecule has 1 aliphatic carbocycles. The molecule has 2 aromatic carbocycles. The van der Waals surface area contributed by atoms with Crippen molar-refractivity contribution in [3.8, 4) is 22.3 Å². The first-order valence-corrected chi connectivity index (χ1v) is 7.46. The van der Waals surface area contributed by atoms with Crippen LogP contribution in [0.1, 0.15) is 19.3 Å². The van der Waals surface area contributed by atoms with E-state index < -0.39 is 11.9 Å². The molecule has 0 bridgehead atoms. The van der Waals surface area contributed by atoms with Crippen LogP contribution in [0.15, 0.2) is 36.4 Å². The largest absolute Gasteiger partial charge is 0.477 e. The van der Waals surface area contributed by atoms with Crippen LogP contribution < -0.4 is 0 Å². The molecule has 1 aliphatic rings. The fourth-order valence-electron chi connectivity index (χ4n) is 3.09. The Bertz CT molecular complexity index is 963. The summed E-state index contributed by atoms with van der Waals surface area (Å²) in [5.41, 5.74) is 3.07. The van der Waals surface area contributed by atoms with Gasteiger partial charge < -0.3 is 9.84 Å². The van der Waals surface area contributed by atoms with E-state index in [9.17, 15) is 14.7 Å². The van der Waals surface area contributed by atoms with Crippen molar-refractivity contribution < 1.29 is 19.4 Å². The predicted octanol–water partition coefficient (Wildman–Crippen LogP) is 4.03. The van der Waals surface area contributed by atoms with Crippen LogP contribution in [0.25, 0.3) is 33.0 Å². The number of thiophene rings is 1. The van der Waals surface area contributed by atoms with Crippen molar-refractivity contribution in [2.24, 2.45) is 0 Å². The zero-order valence-electron chi connectivity index (χ0n) is 11.5. The Labute approximate surface area is 129 Å². The number of benzene rings is 2. The SMILES string of the molecule is COC(=O)c1sc(C(=O)O)c2c1-c1cccc3cccc-2c13. The third kappa shape index (κ3) is 1.51. The van der Waals surface area contributed by atoms with E-state index in [0.717, 1.165) is 33.2 Å². The van der Waals surface area contributed by atoms with Crippen LogP contribution >= 0.6 is 11.3 Å². The van der Waals surface area contributed by atoms with E-state index in [-0.39, 0.29) is 4.88 Å². The second kappa shape index (κ2) is 4.42. The van der Waals surface area contributed by atoms with Crippen LogP contribution in [0.2, 0.25) is 0 Å². The highest BCUT2D eigenvalue weighted by Gasteiger charge is 2.34. The summed E-state index contributed by atoms with van der Waals surface area (Å²) in [6.07, 6.45) is 0. The number of esters is 1. The maximum Gasteiger partial charge on any atom is 0.348 e. The van der Waals surface area contributed by atoms with Crippen LogP contribution in [-0.2, 0) is 4.74 Å². The highest BCUT2D eigenvalue weighted by Crippen LogP contribution is 2.53. The van der Waals surface area contributed by atoms with Crippen molar-refractivity contribution >= 4 is 34.0 Å². The molecule has 5 heteroatoms. The number of rotatable bonds is 2. The maximum atomic E-state index is 12.1. The molecule has 1 heterocycles. The molecular weight excluding hydrogens is 300 g/mol. The van der Waals surface area contributed by atoms with Crippen LogP contribution in [0.3, 0.4) is 0 Å². The van der Waals surface area contributed by atoms with Gasteiger partial charge in [-0.15, -0.1) is 11.3 Å². The van der Waals surface area contributed by atoms with Gasteiger partial charge in [0, 0.05) is 11.1 Å². The van der Waals surface area contributed by atoms with E-state index >= 15 is 0 Å². The molecule has 1 aromatic heterocycles. The van der Waals surface area contributed by atoms with Crippen LogP contribution in [0.4, 0.5) is 0 Å². The highest BCUT2D eigenvalue weighted by molar-refractivity contribution is 7.17. The molecular formula is C17H10O4S. The first kappa shape index (κ1) is 13.0. The lowest BCUT2D eigenvalue weighted by Gasteiger charge is -2.03. The molecule has 0 atom stereocenters. The quantitative estimate of drug-likeness (QED) is 0.568. The zero-order chi connectivity index (χ0) is 15.4. The number of carboxylic acids is 1. The molecule has 108 valence electrons. The molecule has 4 nitrogen and oxygen atoms in total. The summed E-state index contributed by atoms with van der Waals surface area (Å²) in [6.45, 7) is 0. The minimum atomic E-state index is -1.03. The average molecular weight is 310 g/mol. The standard InChI is InChI=1S/C17H10O4S/c1-21-17(20)15-13-10-7-3-5-8-4-2-6-9(11(8)10)12(13)14(22-15)16(18)19/h2-7H,1H3,(H,18,19). The van der Waals surface area contributed by atoms with Crippen molar-refractivity contribution in [2.45, 2.75) is 0 Å². The minimum Gasteiger partial charge on any atom is -0.477 e. The second-order valence-electron chi connectivity index (χ2n) is 5.02. The number of carbonyl (C=O) groups is 2. The highest BCUT2D eigenvalue weighted by atomic mass is 32.1. The van der Waals surface area contributed by atoms with Gasteiger partial charge in [-0.2, -0.15) is 0 Å². The van der Waals surface area contributed by atoms with Gasteiger partial charge in [0.25, 0.3) is 0 Å². The van der Waals surface area contributed by atoms with Crippen molar-refractivity contribution in [3.63, 3.8) is 0 Å². The average Bonchev–Trinajstić information content (AvgIpc) is 3.06. The Morgan fingerprint density at radius 2 is 1.59 bits per heavy atom. The van der Waals surface area contributed by atoms with Gasteiger partial charge in [0.2, 0.25) is 0 Å². The molecule has 0 radical (unpaired) electrons. The van der Waals surface area contributed by atoms with Gasteiger partial charge in [-0.1, -0.05) is 36.4 Å². The van der Waals surface area contributed by atoms with Gasteiger partial charge >= 0.3 is 11.9 Å². The molecule has 0 fully saturated rings. The van der Waals surface area contributed by atoms with Gasteiger partial charge in [-0.3, -0.25) is 0 Å². The number of carboxylic acid groups (broad SMARTS) is 1. The monoisotopic (exact) mass is 310 g/mol. The fourth-order valence-corrected chi connectivity index (χ4v) is 4.18. The molecule has 0 amide bonds. The molecule has 4 rings (SSSR count). The van der Waals surface area contributed by atoms with E-state index in [1.165, 1.54) is 7.11 Å². The van der Waals surface area contributed by atoms with Gasteiger partial charge in [-0.05, 0) is 21.9 Å². The molecule has 0 saturated carbocycles. The Morgan fingerprint density at radius 1 is 1.00 bits per heavy atom. The topological polar surface area (TPSA) is 63.6 Å². The summed E-state index contributed by atoms with van der Waals surface area (Å²) in [5.74, 6) is -1.53. The van der Waals surface area contributed by atoms with Crippen molar-refractivity contribution in [2.75, 3.05) is 7.11 Å². The Balaban J connectivity index is 2.18. The number of hydrogen-bond donors (Lipinski definition) is 1. The van der Waals surface area contributed by atoms with E-state index in [1.807, 2.05) is 36.4 Å². The number of fused-ring (bicyclic) bond motifs is 3. The van der Waals surface area contributed by atoms with E-state index in [1.54, 1.807) is 0 Å². The number of carbonyl (C=O) groups excluding carboxylic acids is 1. The smallest absolute Gasteiger partial charge is 0.348 e. The van der Waals surface area contributed by atoms with Gasteiger partial charge in [0.05, 0.1) is 7.11 Å². The Kier molecular flexibility index (Phi) is 2.62. The summed E-state index contributed by atoms with van der Waals surface area (Å²) >= 11 is 0.976. The molecule has 1 N–H and O–H groups in total. The van der Waals surface area contributed by atoms with Gasteiger partial charge in [0.1, 0.15) is 9.75 Å². The molecule has 22 heavy (non-hydrogen) atoms. The van der Waals surface area contributed by atoms with Gasteiger partial charge in [-0.25, -0.2) is 9.59 Å². The molecule has 0 unspecified atom stereocenters. The molecule has 0 spiro atoms. The third-order valence-corrected chi connectivity index (χ3v) is 5.07. The summed E-state index contributed by atoms with van der Waals surface area (Å²) in [7, 11) is 1.30. The Morgan fingerprint density at radius 3 is 2.14 bits per heavy atom. The summed E-state index contributed by atoms with van der Waals surface area (Å²) in [6, 6.07) is 11.6. The molecule has 0 saturated heterocycles. The normalized spacial score (nSPS) is 11.5. The summed E-state index contributed by atoms with van der Waals surface area (Å²) in [4.78, 5) is 24.2. The van der Waals surface area contributed by atoms with Crippen LogP contribution in [-0.4, -0.2) is 24.2 Å². The lowest BCUT2D eigenvalue weighted by atomic mass is 10.0. The number of aromatic carboxylic acids is 1. The van der Waals surface area contributed by atoms with E-state index in [0.29, 0.717) is 16.0 Å². The fraction of sp³-hybridized carbons (Fsp3) is 0.0588. The summed E-state index contributed by atoms with van der Waals surface area (Å²) in [5, 5.41) is 11.5. The predicted molar refractivity (Wildman–Crippen MR) is 84.6 cm³/mol. The number of methoxy groups -OCH3 is 1. The Hall–Kier alpha value is -2.66.